The zero-order valence-electron chi connectivity index (χ0n) is 29.6. The van der Waals surface area contributed by atoms with Crippen LogP contribution in [-0.2, 0) is 9.59 Å². The van der Waals surface area contributed by atoms with Gasteiger partial charge >= 0.3 is 0 Å². The largest absolute Gasteiger partial charge is 0.507 e. The Morgan fingerprint density at radius 1 is 0.740 bits per heavy atom. The van der Waals surface area contributed by atoms with E-state index in [9.17, 15) is 44.4 Å². The second kappa shape index (κ2) is 17.2. The van der Waals surface area contributed by atoms with E-state index in [-0.39, 0.29) is 63.6 Å². The third-order valence-electron chi connectivity index (χ3n) is 9.01. The summed E-state index contributed by atoms with van der Waals surface area (Å²) in [5, 5.41) is 45.5. The Hall–Kier alpha value is -4.77. The fourth-order valence-electron chi connectivity index (χ4n) is 5.59. The van der Waals surface area contributed by atoms with Crippen LogP contribution in [0.1, 0.15) is 91.0 Å². The number of benzene rings is 1. The molecule has 0 radical (unpaired) electrons. The topological polar surface area (TPSA) is 178 Å². The fourth-order valence-corrected chi connectivity index (χ4v) is 5.59. The maximum Gasteiger partial charge on any atom is 0.251 e. The van der Waals surface area contributed by atoms with Gasteiger partial charge in [0.2, 0.25) is 5.78 Å². The first-order valence-electron chi connectivity index (χ1n) is 16.6. The van der Waals surface area contributed by atoms with Gasteiger partial charge in [-0.2, -0.15) is 0 Å². The van der Waals surface area contributed by atoms with Crippen LogP contribution in [-0.4, -0.2) is 67.8 Å². The number of carbonyl (C=O) groups excluding carboxylic acids is 5. The number of phenols is 1. The maximum absolute atomic E-state index is 13.7. The van der Waals surface area contributed by atoms with Crippen molar-refractivity contribution in [3.8, 4) is 5.75 Å². The summed E-state index contributed by atoms with van der Waals surface area (Å²) in [5.74, 6) is -4.91. The maximum atomic E-state index is 13.7. The molecule has 0 saturated heterocycles. The van der Waals surface area contributed by atoms with Crippen LogP contribution >= 0.6 is 0 Å². The number of rotatable bonds is 0. The lowest BCUT2D eigenvalue weighted by atomic mass is 9.83. The number of fused-ring (bicyclic) bond motifs is 18. The number of hydrogen-bond acceptors (Lipinski definition) is 9. The monoisotopic (exact) mass is 685 g/mol. The zero-order valence-corrected chi connectivity index (χ0v) is 29.6. The number of amides is 1. The van der Waals surface area contributed by atoms with Crippen LogP contribution in [0.4, 0.5) is 0 Å². The van der Waals surface area contributed by atoms with Crippen LogP contribution in [0.2, 0.25) is 0 Å². The van der Waals surface area contributed by atoms with Crippen molar-refractivity contribution in [2.45, 2.75) is 79.6 Å². The molecule has 0 spiro atoms. The van der Waals surface area contributed by atoms with E-state index in [1.807, 2.05) is 0 Å². The Bertz CT molecular complexity index is 1770. The summed E-state index contributed by atoms with van der Waals surface area (Å²) in [6.07, 6.45) is 12.4. The minimum atomic E-state index is -0.987. The van der Waals surface area contributed by atoms with E-state index in [1.165, 1.54) is 45.1 Å². The Labute approximate surface area is 293 Å². The molecular weight excluding hydrogens is 638 g/mol. The number of phenolic OH excluding ortho intramolecular Hbond substituents is 1. The first kappa shape index (κ1) is 39.7. The lowest BCUT2D eigenvalue weighted by molar-refractivity contribution is -0.118. The molecule has 1 aromatic rings. The van der Waals surface area contributed by atoms with Crippen LogP contribution in [0.25, 0.3) is 0 Å². The van der Waals surface area contributed by atoms with Gasteiger partial charge in [0.15, 0.2) is 17.3 Å². The normalized spacial score (nSPS) is 29.7. The van der Waals surface area contributed by atoms with Crippen molar-refractivity contribution >= 4 is 29.0 Å². The average molecular weight is 686 g/mol. The molecule has 4 rings (SSSR count). The van der Waals surface area contributed by atoms with E-state index in [0.29, 0.717) is 5.57 Å². The number of hydrogen-bond donors (Lipinski definition) is 5. The van der Waals surface area contributed by atoms with Gasteiger partial charge < -0.3 is 25.7 Å². The van der Waals surface area contributed by atoms with E-state index in [2.05, 4.69) is 5.32 Å². The van der Waals surface area contributed by atoms with E-state index < -0.39 is 59.2 Å². The van der Waals surface area contributed by atoms with Crippen molar-refractivity contribution < 1.29 is 44.4 Å². The van der Waals surface area contributed by atoms with Crippen molar-refractivity contribution in [1.29, 1.82) is 0 Å². The molecule has 10 heteroatoms. The molecule has 4 bridgehead atoms. The van der Waals surface area contributed by atoms with E-state index in [1.54, 1.807) is 64.2 Å². The standard InChI is InChI=1S/C40H47NO9/c1-21-11-9-8-10-12-24(4)40(50)41-30-19-33(45)34-29(39(30)49)18-27(7)38(48)35(34)37(47)26(6)17-25(5)36(46)23(3)14-16-28(42)15-13-22(2)32(44)20-31(21)43/h8-14,16-19,21,23,25,28,31,36,42-43,46,48H,15,20H2,1-7H3,(H,41,50)/b10-8-,11-9-,16-14-,22-13-,24-12?,26-17?/t21-,23-,25-,28-,31-,36-/m0/s1. The van der Waals surface area contributed by atoms with E-state index in [0.717, 1.165) is 6.08 Å². The highest BCUT2D eigenvalue weighted by atomic mass is 16.3. The molecular formula is C40H47NO9. The molecule has 2 heterocycles. The van der Waals surface area contributed by atoms with Gasteiger partial charge in [-0.15, -0.1) is 0 Å². The van der Waals surface area contributed by atoms with Crippen LogP contribution in [0.15, 0.2) is 89.2 Å². The summed E-state index contributed by atoms with van der Waals surface area (Å²) < 4.78 is 0. The van der Waals surface area contributed by atoms with Gasteiger partial charge in [-0.1, -0.05) is 75.5 Å². The first-order valence-corrected chi connectivity index (χ1v) is 16.6. The Balaban J connectivity index is 2.04. The molecule has 0 fully saturated rings. The molecule has 0 aromatic heterocycles. The fraction of sp³-hybridized carbons (Fsp3) is 0.375. The highest BCUT2D eigenvalue weighted by Crippen LogP contribution is 2.35. The van der Waals surface area contributed by atoms with Gasteiger partial charge in [0.25, 0.3) is 5.91 Å². The van der Waals surface area contributed by atoms with Crippen LogP contribution in [0, 0.1) is 24.7 Å². The number of nitrogens with one attached hydrogen (secondary N) is 1. The minimum absolute atomic E-state index is 0.110. The number of aliphatic hydroxyl groups excluding tert-OH is 3. The van der Waals surface area contributed by atoms with Crippen molar-refractivity contribution in [3.63, 3.8) is 0 Å². The number of Topliss-reactive ketones (excluding diaryl/α,β-unsaturated/α-hetero) is 3. The molecule has 2 aliphatic heterocycles. The molecule has 50 heavy (non-hydrogen) atoms. The summed E-state index contributed by atoms with van der Waals surface area (Å²) in [4.78, 5) is 66.3. The summed E-state index contributed by atoms with van der Waals surface area (Å²) >= 11 is 0. The Morgan fingerprint density at radius 3 is 2.10 bits per heavy atom. The van der Waals surface area contributed by atoms with Crippen LogP contribution < -0.4 is 5.32 Å². The highest BCUT2D eigenvalue weighted by Gasteiger charge is 2.34. The third kappa shape index (κ3) is 9.68. The smallest absolute Gasteiger partial charge is 0.251 e. The van der Waals surface area contributed by atoms with Crippen molar-refractivity contribution in [3.05, 3.63) is 111 Å². The molecule has 0 saturated carbocycles. The summed E-state index contributed by atoms with van der Waals surface area (Å²) in [5.41, 5.74) is -0.106. The number of allylic oxidation sites excluding steroid dienone is 8. The van der Waals surface area contributed by atoms with Gasteiger partial charge in [0, 0.05) is 47.0 Å². The SMILES string of the molecule is CC1=C/C=C\C=C/[C@H](C)[C@@H](O)CC(=O)/C(C)=C\C[C@H](O)/C=C\[C@H](C)[C@H](O)[C@@H](C)C=C(C)C(=O)c2c(O)c(C)cc3c2C(=O)C=C(NC1=O)C3=O. The predicted octanol–water partition coefficient (Wildman–Crippen LogP) is 5.12. The number of carbonyl (C=O) groups is 5. The molecule has 5 N–H and O–H groups in total. The molecule has 0 unspecified atom stereocenters. The van der Waals surface area contributed by atoms with Gasteiger partial charge in [-0.05, 0) is 56.9 Å². The van der Waals surface area contributed by atoms with Crippen molar-refractivity contribution in [1.82, 2.24) is 5.32 Å². The first-order chi connectivity index (χ1) is 23.4. The summed E-state index contributed by atoms with van der Waals surface area (Å²) in [6, 6.07) is 1.30. The van der Waals surface area contributed by atoms with Gasteiger partial charge in [0.1, 0.15) is 5.75 Å². The molecule has 1 aliphatic carbocycles. The number of aliphatic hydroxyl groups is 3. The highest BCUT2D eigenvalue weighted by molar-refractivity contribution is 6.30. The quantitative estimate of drug-likeness (QED) is 0.232. The number of aromatic hydroxyl groups is 1. The molecule has 1 amide bonds. The summed E-state index contributed by atoms with van der Waals surface area (Å²) in [7, 11) is 0. The third-order valence-corrected chi connectivity index (χ3v) is 9.01. The lowest BCUT2D eigenvalue weighted by Crippen LogP contribution is -2.32. The second-order valence-corrected chi connectivity index (χ2v) is 13.2. The molecule has 1 aromatic carbocycles. The summed E-state index contributed by atoms with van der Waals surface area (Å²) in [6.45, 7) is 11.3. The molecule has 266 valence electrons. The molecule has 10 nitrogen and oxygen atoms in total. The van der Waals surface area contributed by atoms with E-state index >= 15 is 0 Å². The Morgan fingerprint density at radius 2 is 1.42 bits per heavy atom. The van der Waals surface area contributed by atoms with Crippen molar-refractivity contribution in [2.24, 2.45) is 17.8 Å². The number of ketones is 4. The Kier molecular flexibility index (Phi) is 13.7. The molecule has 6 atom stereocenters. The lowest BCUT2D eigenvalue weighted by Gasteiger charge is -2.22. The minimum Gasteiger partial charge on any atom is -0.507 e. The van der Waals surface area contributed by atoms with Gasteiger partial charge in [-0.25, -0.2) is 0 Å². The average Bonchev–Trinajstić information content (AvgIpc) is 3.07. The van der Waals surface area contributed by atoms with Gasteiger partial charge in [0.05, 0.1) is 29.6 Å². The van der Waals surface area contributed by atoms with E-state index in [4.69, 9.17) is 0 Å². The number of aryl methyl sites for hydroxylation is 1. The van der Waals surface area contributed by atoms with Crippen molar-refractivity contribution in [2.75, 3.05) is 0 Å². The molecule has 3 aliphatic rings. The zero-order chi connectivity index (χ0) is 37.4. The van der Waals surface area contributed by atoms with Gasteiger partial charge in [-0.3, -0.25) is 24.0 Å². The van der Waals surface area contributed by atoms with Crippen LogP contribution in [0.3, 0.4) is 0 Å². The van der Waals surface area contributed by atoms with Crippen LogP contribution in [0.5, 0.6) is 5.75 Å². The second-order valence-electron chi connectivity index (χ2n) is 13.2. The predicted molar refractivity (Wildman–Crippen MR) is 191 cm³/mol.